The van der Waals surface area contributed by atoms with Gasteiger partial charge in [-0.3, -0.25) is 9.59 Å². The number of carbonyl (C=O) groups excluding carboxylic acids is 2. The molecule has 0 heterocycles. The second-order valence-corrected chi connectivity index (χ2v) is 5.96. The van der Waals surface area contributed by atoms with Crippen LogP contribution in [-0.4, -0.2) is 25.1 Å². The number of halogens is 3. The van der Waals surface area contributed by atoms with Gasteiger partial charge in [-0.2, -0.15) is 13.2 Å². The second-order valence-electron chi connectivity index (χ2n) is 5.96. The molecule has 2 aromatic carbocycles. The summed E-state index contributed by atoms with van der Waals surface area (Å²) < 4.78 is 41.7. The van der Waals surface area contributed by atoms with E-state index in [9.17, 15) is 22.8 Å². The summed E-state index contributed by atoms with van der Waals surface area (Å²) in [6.07, 6.45) is -4.72. The van der Waals surface area contributed by atoms with Crippen molar-refractivity contribution >= 4 is 23.2 Å². The maximum absolute atomic E-state index is 12.2. The summed E-state index contributed by atoms with van der Waals surface area (Å²) in [6, 6.07) is 12.8. The fourth-order valence-corrected chi connectivity index (χ4v) is 2.38. The quantitative estimate of drug-likeness (QED) is 0.784. The van der Waals surface area contributed by atoms with E-state index in [1.807, 2.05) is 31.2 Å². The van der Waals surface area contributed by atoms with Crippen LogP contribution in [0, 0.1) is 0 Å². The van der Waals surface area contributed by atoms with Gasteiger partial charge >= 0.3 is 12.1 Å². The van der Waals surface area contributed by atoms with Crippen LogP contribution in [-0.2, 0) is 9.59 Å². The average molecular weight is 380 g/mol. The number of methoxy groups -OCH3 is 1. The van der Waals surface area contributed by atoms with Crippen molar-refractivity contribution in [1.82, 2.24) is 0 Å². The van der Waals surface area contributed by atoms with Crippen molar-refractivity contribution in [1.29, 1.82) is 0 Å². The standard InChI is InChI=1S/C19H19F3N2O3/c1-12(13-3-9-16(27-2)10-4-13)11-17(25)23-14-5-7-15(8-6-14)24-18(26)19(20,21)22/h3-10,12H,11H2,1-2H3,(H,23,25)(H,24,26). The number of nitrogens with one attached hydrogen (secondary N) is 2. The molecular weight excluding hydrogens is 361 g/mol. The molecule has 8 heteroatoms. The molecule has 0 bridgehead atoms. The number of rotatable bonds is 6. The van der Waals surface area contributed by atoms with Gasteiger partial charge in [-0.1, -0.05) is 19.1 Å². The Morgan fingerprint density at radius 1 is 0.963 bits per heavy atom. The SMILES string of the molecule is COc1ccc(C(C)CC(=O)Nc2ccc(NC(=O)C(F)(F)F)cc2)cc1. The number of carbonyl (C=O) groups is 2. The average Bonchev–Trinajstić information content (AvgIpc) is 2.62. The Morgan fingerprint density at radius 2 is 1.48 bits per heavy atom. The molecule has 0 saturated heterocycles. The Balaban J connectivity index is 1.90. The molecule has 2 amide bonds. The molecule has 0 aliphatic heterocycles. The minimum Gasteiger partial charge on any atom is -0.497 e. The Labute approximate surface area is 154 Å². The maximum Gasteiger partial charge on any atom is 0.471 e. The fourth-order valence-electron chi connectivity index (χ4n) is 2.38. The zero-order valence-corrected chi connectivity index (χ0v) is 14.8. The molecule has 0 aromatic heterocycles. The van der Waals surface area contributed by atoms with Gasteiger partial charge in [0.15, 0.2) is 0 Å². The van der Waals surface area contributed by atoms with E-state index in [1.165, 1.54) is 24.3 Å². The van der Waals surface area contributed by atoms with Crippen molar-refractivity contribution in [3.63, 3.8) is 0 Å². The molecule has 0 spiro atoms. The molecule has 5 nitrogen and oxygen atoms in total. The number of anilines is 2. The highest BCUT2D eigenvalue weighted by molar-refractivity contribution is 5.95. The van der Waals surface area contributed by atoms with E-state index < -0.39 is 12.1 Å². The van der Waals surface area contributed by atoms with Crippen molar-refractivity contribution in [2.75, 3.05) is 17.7 Å². The number of alkyl halides is 3. The molecular formula is C19H19F3N2O3. The monoisotopic (exact) mass is 380 g/mol. The van der Waals surface area contributed by atoms with Crippen molar-refractivity contribution in [2.45, 2.75) is 25.4 Å². The van der Waals surface area contributed by atoms with Gasteiger partial charge in [-0.25, -0.2) is 0 Å². The number of benzene rings is 2. The van der Waals surface area contributed by atoms with Gasteiger partial charge in [-0.15, -0.1) is 0 Å². The highest BCUT2D eigenvalue weighted by Gasteiger charge is 2.38. The molecule has 144 valence electrons. The summed E-state index contributed by atoms with van der Waals surface area (Å²) in [5.74, 6) is -1.58. The Bertz CT molecular complexity index is 787. The van der Waals surface area contributed by atoms with Crippen molar-refractivity contribution in [2.24, 2.45) is 0 Å². The molecule has 1 unspecified atom stereocenters. The lowest BCUT2D eigenvalue weighted by molar-refractivity contribution is -0.167. The summed E-state index contributed by atoms with van der Waals surface area (Å²) in [6.45, 7) is 1.91. The topological polar surface area (TPSA) is 67.4 Å². The second kappa shape index (κ2) is 8.57. The summed E-state index contributed by atoms with van der Waals surface area (Å²) >= 11 is 0. The van der Waals surface area contributed by atoms with Gasteiger partial charge < -0.3 is 15.4 Å². The van der Waals surface area contributed by atoms with E-state index in [0.29, 0.717) is 5.69 Å². The third-order valence-corrected chi connectivity index (χ3v) is 3.86. The first kappa shape index (κ1) is 20.3. The molecule has 0 aliphatic rings. The normalized spacial score (nSPS) is 12.2. The first-order valence-corrected chi connectivity index (χ1v) is 8.11. The Kier molecular flexibility index (Phi) is 6.44. The highest BCUT2D eigenvalue weighted by atomic mass is 19.4. The minimum atomic E-state index is -4.95. The van der Waals surface area contributed by atoms with Gasteiger partial charge in [0, 0.05) is 17.8 Å². The molecule has 0 fully saturated rings. The first-order valence-electron chi connectivity index (χ1n) is 8.11. The van der Waals surface area contributed by atoms with Gasteiger partial charge in [-0.05, 0) is 47.9 Å². The molecule has 0 aliphatic carbocycles. The van der Waals surface area contributed by atoms with E-state index in [0.717, 1.165) is 11.3 Å². The van der Waals surface area contributed by atoms with Crippen molar-refractivity contribution < 1.29 is 27.5 Å². The van der Waals surface area contributed by atoms with Crippen LogP contribution in [0.15, 0.2) is 48.5 Å². The zero-order chi connectivity index (χ0) is 20.0. The molecule has 2 N–H and O–H groups in total. The van der Waals surface area contributed by atoms with Crippen LogP contribution in [0.5, 0.6) is 5.75 Å². The summed E-state index contributed by atoms with van der Waals surface area (Å²) in [7, 11) is 1.58. The molecule has 0 saturated carbocycles. The largest absolute Gasteiger partial charge is 0.497 e. The first-order chi connectivity index (χ1) is 12.7. The van der Waals surface area contributed by atoms with Crippen LogP contribution in [0.3, 0.4) is 0 Å². The predicted molar refractivity (Wildman–Crippen MR) is 95.8 cm³/mol. The maximum atomic E-state index is 12.2. The van der Waals surface area contributed by atoms with E-state index in [1.54, 1.807) is 12.4 Å². The third-order valence-electron chi connectivity index (χ3n) is 3.86. The number of ether oxygens (including phenoxy) is 1. The van der Waals surface area contributed by atoms with E-state index >= 15 is 0 Å². The van der Waals surface area contributed by atoms with Crippen LogP contribution >= 0.6 is 0 Å². The van der Waals surface area contributed by atoms with Crippen LogP contribution in [0.25, 0.3) is 0 Å². The highest BCUT2D eigenvalue weighted by Crippen LogP contribution is 2.23. The van der Waals surface area contributed by atoms with Crippen molar-refractivity contribution in [3.05, 3.63) is 54.1 Å². The minimum absolute atomic E-state index is 0.0121. The van der Waals surface area contributed by atoms with Crippen LogP contribution < -0.4 is 15.4 Å². The molecule has 27 heavy (non-hydrogen) atoms. The number of hydrogen-bond donors (Lipinski definition) is 2. The molecule has 2 rings (SSSR count). The van der Waals surface area contributed by atoms with Crippen LogP contribution in [0.1, 0.15) is 24.8 Å². The van der Waals surface area contributed by atoms with Crippen LogP contribution in [0.2, 0.25) is 0 Å². The van der Waals surface area contributed by atoms with Gasteiger partial charge in [0.2, 0.25) is 5.91 Å². The van der Waals surface area contributed by atoms with E-state index in [4.69, 9.17) is 4.74 Å². The lowest BCUT2D eigenvalue weighted by Gasteiger charge is -2.13. The molecule has 1 atom stereocenters. The van der Waals surface area contributed by atoms with E-state index in [-0.39, 0.29) is 23.9 Å². The third kappa shape index (κ3) is 6.02. The number of hydrogen-bond acceptors (Lipinski definition) is 3. The van der Waals surface area contributed by atoms with Crippen LogP contribution in [0.4, 0.5) is 24.5 Å². The molecule has 2 aromatic rings. The smallest absolute Gasteiger partial charge is 0.471 e. The Morgan fingerprint density at radius 3 is 1.96 bits per heavy atom. The zero-order valence-electron chi connectivity index (χ0n) is 14.8. The van der Waals surface area contributed by atoms with Gasteiger partial charge in [0.05, 0.1) is 7.11 Å². The predicted octanol–water partition coefficient (Wildman–Crippen LogP) is 4.33. The van der Waals surface area contributed by atoms with Crippen molar-refractivity contribution in [3.8, 4) is 5.75 Å². The summed E-state index contributed by atoms with van der Waals surface area (Å²) in [5, 5.41) is 4.42. The Hall–Kier alpha value is -3.03. The van der Waals surface area contributed by atoms with Gasteiger partial charge in [0.25, 0.3) is 0 Å². The van der Waals surface area contributed by atoms with Gasteiger partial charge in [0.1, 0.15) is 5.75 Å². The lowest BCUT2D eigenvalue weighted by Crippen LogP contribution is -2.29. The van der Waals surface area contributed by atoms with E-state index in [2.05, 4.69) is 5.32 Å². The lowest BCUT2D eigenvalue weighted by atomic mass is 9.97. The fraction of sp³-hybridized carbons (Fsp3) is 0.263. The summed E-state index contributed by atoms with van der Waals surface area (Å²) in [4.78, 5) is 23.0. The summed E-state index contributed by atoms with van der Waals surface area (Å²) in [5.41, 5.74) is 1.39. The molecule has 0 radical (unpaired) electrons. The number of amides is 2.